The molecule has 0 spiro atoms. The molecule has 96 heavy (non-hydrogen) atoms. The van der Waals surface area contributed by atoms with E-state index in [2.05, 4.69) is 82.7 Å². The summed E-state index contributed by atoms with van der Waals surface area (Å²) in [5, 5.41) is 0. The highest BCUT2D eigenvalue weighted by molar-refractivity contribution is 5.16. The third kappa shape index (κ3) is 72.2. The Labute approximate surface area is 609 Å². The Kier molecular flexibility index (Phi) is 82.7. The maximum absolute atomic E-state index is 3.94. The van der Waals surface area contributed by atoms with Gasteiger partial charge >= 0.3 is 0 Å². The van der Waals surface area contributed by atoms with Crippen LogP contribution in [0.2, 0.25) is 0 Å². The number of hydrogen-bond acceptors (Lipinski definition) is 0. The molecule has 0 fully saturated rings. The van der Waals surface area contributed by atoms with Crippen LogP contribution < -0.4 is 0 Å². The van der Waals surface area contributed by atoms with Crippen molar-refractivity contribution in [3.63, 3.8) is 0 Å². The molecular weight excluding hydrogens is 1150 g/mol. The molecule has 566 valence electrons. The number of allylic oxidation sites excluding steroid dienone is 8. The van der Waals surface area contributed by atoms with E-state index in [1.165, 1.54) is 514 Å². The Bertz CT molecular complexity index is 1540. The van der Waals surface area contributed by atoms with E-state index in [9.17, 15) is 0 Å². The minimum Gasteiger partial charge on any atom is -0.103 e. The molecular formula is C96H182. The molecule has 0 aromatic heterocycles. The summed E-state index contributed by atoms with van der Waals surface area (Å²) >= 11 is 0. The van der Waals surface area contributed by atoms with Crippen LogP contribution in [0.15, 0.2) is 74.4 Å². The van der Waals surface area contributed by atoms with Gasteiger partial charge < -0.3 is 0 Å². The van der Waals surface area contributed by atoms with Crippen molar-refractivity contribution in [2.45, 2.75) is 528 Å². The number of hydrogen-bond donors (Lipinski definition) is 0. The fourth-order valence-corrected chi connectivity index (χ4v) is 16.3. The van der Waals surface area contributed by atoms with Crippen molar-refractivity contribution < 1.29 is 0 Å². The summed E-state index contributed by atoms with van der Waals surface area (Å²) in [7, 11) is 0. The second-order valence-corrected chi connectivity index (χ2v) is 32.0. The Hall–Kier alpha value is -1.56. The van der Waals surface area contributed by atoms with Gasteiger partial charge in [-0.3, -0.25) is 0 Å². The molecule has 0 aliphatic heterocycles. The van der Waals surface area contributed by atoms with Crippen molar-refractivity contribution in [1.29, 1.82) is 0 Å². The van der Waals surface area contributed by atoms with Crippen molar-refractivity contribution in [3.8, 4) is 0 Å². The SMILES string of the molecule is C=CCCCCCCCCCCCCCCCC(=CCCC(CCCCCCCCC)CCCCCCCCCCCCCC=C)C(CCCCCCCCCCCCC=CCC)(CCCCCCCCCCCCCCC=C)CCCCCCCCCCCCCCCC=C. The van der Waals surface area contributed by atoms with Crippen molar-refractivity contribution in [3.05, 3.63) is 74.4 Å². The van der Waals surface area contributed by atoms with Gasteiger partial charge in [0.25, 0.3) is 0 Å². The van der Waals surface area contributed by atoms with Crippen molar-refractivity contribution in [1.82, 2.24) is 0 Å². The van der Waals surface area contributed by atoms with Crippen LogP contribution in [0.5, 0.6) is 0 Å². The lowest BCUT2D eigenvalue weighted by Gasteiger charge is -2.38. The maximum atomic E-state index is 3.94. The zero-order chi connectivity index (χ0) is 69.2. The van der Waals surface area contributed by atoms with Gasteiger partial charge in [0, 0.05) is 0 Å². The summed E-state index contributed by atoms with van der Waals surface area (Å²) < 4.78 is 0. The third-order valence-corrected chi connectivity index (χ3v) is 22.8. The highest BCUT2D eigenvalue weighted by Crippen LogP contribution is 2.47. The summed E-state index contributed by atoms with van der Waals surface area (Å²) in [6, 6.07) is 0. The predicted molar refractivity (Wildman–Crippen MR) is 445 cm³/mol. The molecule has 0 heteroatoms. The van der Waals surface area contributed by atoms with Gasteiger partial charge in [0.05, 0.1) is 0 Å². The second-order valence-electron chi connectivity index (χ2n) is 32.0. The van der Waals surface area contributed by atoms with Crippen LogP contribution in [-0.2, 0) is 0 Å². The van der Waals surface area contributed by atoms with E-state index in [4.69, 9.17) is 0 Å². The lowest BCUT2D eigenvalue weighted by Crippen LogP contribution is -2.25. The summed E-state index contributed by atoms with van der Waals surface area (Å²) in [6.45, 7) is 20.3. The summed E-state index contributed by atoms with van der Waals surface area (Å²) in [4.78, 5) is 0. The van der Waals surface area contributed by atoms with Crippen LogP contribution in [0.3, 0.4) is 0 Å². The standard InChI is InChI=1S/C96H182/c1-7-13-19-25-31-36-41-46-50-53-58-63-69-75-81-89-95(90-85-88-94(86-79-73-67-30-24-18-12-6)87-80-74-68-62-57-52-45-40-35-29-23-17-11-5)96(91-82-76-70-64-59-54-48-43-38-33-27-21-15-9-3,92-83-77-71-65-60-55-49-44-39-34-28-22-16-10-4)93-84-78-72-66-61-56-51-47-42-37-32-26-20-14-8-2/h7-9,11,16,22,90,94H,1-3,5,10,12-15,17-21,23-89,91-93H2,4,6H3. The smallest absolute Gasteiger partial charge is 0.00881 e. The lowest BCUT2D eigenvalue weighted by atomic mass is 9.67. The number of rotatable bonds is 87. The van der Waals surface area contributed by atoms with Crippen molar-refractivity contribution in [2.24, 2.45) is 11.3 Å². The maximum Gasteiger partial charge on any atom is -0.00881 e. The molecule has 0 amide bonds. The van der Waals surface area contributed by atoms with Gasteiger partial charge in [-0.1, -0.05) is 460 Å². The van der Waals surface area contributed by atoms with Crippen LogP contribution >= 0.6 is 0 Å². The highest BCUT2D eigenvalue weighted by Gasteiger charge is 2.32. The molecule has 0 saturated carbocycles. The van der Waals surface area contributed by atoms with Gasteiger partial charge in [-0.25, -0.2) is 0 Å². The average Bonchev–Trinajstić information content (AvgIpc) is 0.843. The van der Waals surface area contributed by atoms with Crippen molar-refractivity contribution >= 4 is 0 Å². The van der Waals surface area contributed by atoms with E-state index in [0.29, 0.717) is 5.41 Å². The Balaban J connectivity index is 6.60. The summed E-state index contributed by atoms with van der Waals surface area (Å²) in [5.74, 6) is 0.925. The summed E-state index contributed by atoms with van der Waals surface area (Å²) in [6.07, 6.45) is 131. The zero-order valence-electron chi connectivity index (χ0n) is 67.0. The molecule has 0 N–H and O–H groups in total. The zero-order valence-corrected chi connectivity index (χ0v) is 67.0. The third-order valence-electron chi connectivity index (χ3n) is 22.8. The van der Waals surface area contributed by atoms with E-state index in [-0.39, 0.29) is 0 Å². The minimum absolute atomic E-state index is 0.425. The molecule has 0 bridgehead atoms. The van der Waals surface area contributed by atoms with Crippen LogP contribution in [0.4, 0.5) is 0 Å². The van der Waals surface area contributed by atoms with Crippen molar-refractivity contribution in [2.75, 3.05) is 0 Å². The monoisotopic (exact) mass is 1340 g/mol. The first-order chi connectivity index (χ1) is 47.6. The predicted octanol–water partition coefficient (Wildman–Crippen LogP) is 36.1. The topological polar surface area (TPSA) is 0 Å². The van der Waals surface area contributed by atoms with Crippen LogP contribution in [0.25, 0.3) is 0 Å². The Morgan fingerprint density at radius 2 is 0.458 bits per heavy atom. The normalized spacial score (nSPS) is 12.9. The quantitative estimate of drug-likeness (QED) is 0.0421. The molecule has 0 aromatic carbocycles. The molecule has 0 aliphatic carbocycles. The lowest BCUT2D eigenvalue weighted by molar-refractivity contribution is 0.236. The summed E-state index contributed by atoms with van der Waals surface area (Å²) in [5.41, 5.74) is 2.43. The largest absolute Gasteiger partial charge is 0.103 e. The van der Waals surface area contributed by atoms with Gasteiger partial charge in [0.1, 0.15) is 0 Å². The highest BCUT2D eigenvalue weighted by atomic mass is 14.4. The van der Waals surface area contributed by atoms with E-state index < -0.39 is 0 Å². The Morgan fingerprint density at radius 3 is 0.719 bits per heavy atom. The van der Waals surface area contributed by atoms with Crippen LogP contribution in [0, 0.1) is 11.3 Å². The van der Waals surface area contributed by atoms with Gasteiger partial charge in [0.2, 0.25) is 0 Å². The van der Waals surface area contributed by atoms with E-state index in [1.54, 1.807) is 0 Å². The van der Waals surface area contributed by atoms with Crippen LogP contribution in [-0.4, -0.2) is 0 Å². The molecule has 2 atom stereocenters. The van der Waals surface area contributed by atoms with Gasteiger partial charge in [0.15, 0.2) is 0 Å². The first-order valence-electron chi connectivity index (χ1n) is 45.4. The molecule has 0 saturated heterocycles. The molecule has 0 aromatic rings. The van der Waals surface area contributed by atoms with Gasteiger partial charge in [-0.2, -0.15) is 0 Å². The number of unbranched alkanes of at least 4 members (excludes halogenated alkanes) is 65. The molecule has 0 aliphatic rings. The van der Waals surface area contributed by atoms with E-state index in [0.717, 1.165) is 5.92 Å². The fourth-order valence-electron chi connectivity index (χ4n) is 16.3. The average molecular weight is 1340 g/mol. The molecule has 0 heterocycles. The van der Waals surface area contributed by atoms with E-state index in [1.807, 2.05) is 5.57 Å². The first kappa shape index (κ1) is 94.4. The molecule has 2 unspecified atom stereocenters. The minimum atomic E-state index is 0.425. The van der Waals surface area contributed by atoms with Gasteiger partial charge in [-0.15, -0.1) is 26.3 Å². The Morgan fingerprint density at radius 1 is 0.229 bits per heavy atom. The second kappa shape index (κ2) is 84.1. The first-order valence-corrected chi connectivity index (χ1v) is 45.4. The molecule has 0 rings (SSSR count). The van der Waals surface area contributed by atoms with Gasteiger partial charge in [-0.05, 0) is 127 Å². The fraction of sp³-hybridized carbons (Fsp3) is 0.875. The van der Waals surface area contributed by atoms with Crippen LogP contribution in [0.1, 0.15) is 528 Å². The molecule has 0 radical (unpaired) electrons. The molecule has 0 nitrogen and oxygen atoms in total. The van der Waals surface area contributed by atoms with E-state index >= 15 is 0 Å².